The van der Waals surface area contributed by atoms with Gasteiger partial charge in [0, 0.05) is 11.8 Å². The van der Waals surface area contributed by atoms with Gasteiger partial charge >= 0.3 is 4.87 Å². The fourth-order valence-corrected chi connectivity index (χ4v) is 2.75. The van der Waals surface area contributed by atoms with E-state index in [0.29, 0.717) is 12.0 Å². The first-order valence-corrected chi connectivity index (χ1v) is 6.10. The van der Waals surface area contributed by atoms with E-state index in [1.54, 1.807) is 32.2 Å². The standard InChI is InChI=1S/C12H13NO3S/c1-8(7-16-2)13-11(14)9-5-3-4-6-10(9)17-12(13)15/h3-6,8H,7H2,1-2H3/t8-/m0/s1. The average Bonchev–Trinajstić information content (AvgIpc) is 2.29. The molecule has 5 heteroatoms. The molecule has 4 nitrogen and oxygen atoms in total. The van der Waals surface area contributed by atoms with Crippen molar-refractivity contribution in [2.45, 2.75) is 13.0 Å². The molecule has 0 radical (unpaired) electrons. The Bertz CT molecular complexity index is 644. The molecular weight excluding hydrogens is 238 g/mol. The molecule has 2 aromatic rings. The monoisotopic (exact) mass is 251 g/mol. The van der Waals surface area contributed by atoms with Crippen LogP contribution in [0.1, 0.15) is 13.0 Å². The van der Waals surface area contributed by atoms with Gasteiger partial charge in [-0.25, -0.2) is 0 Å². The molecule has 0 spiro atoms. The number of rotatable bonds is 3. The van der Waals surface area contributed by atoms with Gasteiger partial charge in [0.2, 0.25) is 0 Å². The lowest BCUT2D eigenvalue weighted by Gasteiger charge is -2.12. The Morgan fingerprint density at radius 2 is 2.06 bits per heavy atom. The average molecular weight is 251 g/mol. The summed E-state index contributed by atoms with van der Waals surface area (Å²) in [7, 11) is 1.55. The van der Waals surface area contributed by atoms with E-state index in [4.69, 9.17) is 4.74 Å². The molecule has 0 bridgehead atoms. The molecule has 1 aromatic heterocycles. The maximum absolute atomic E-state index is 12.2. The first kappa shape index (κ1) is 12.0. The molecule has 0 fully saturated rings. The Morgan fingerprint density at radius 3 is 2.76 bits per heavy atom. The van der Waals surface area contributed by atoms with Gasteiger partial charge in [-0.05, 0) is 19.1 Å². The molecule has 0 saturated carbocycles. The van der Waals surface area contributed by atoms with E-state index in [2.05, 4.69) is 0 Å². The quantitative estimate of drug-likeness (QED) is 0.833. The number of ether oxygens (including phenoxy) is 1. The summed E-state index contributed by atoms with van der Waals surface area (Å²) in [5.41, 5.74) is -0.242. The van der Waals surface area contributed by atoms with E-state index in [0.717, 1.165) is 16.0 Å². The zero-order chi connectivity index (χ0) is 12.4. The number of aromatic nitrogens is 1. The van der Waals surface area contributed by atoms with E-state index >= 15 is 0 Å². The first-order chi connectivity index (χ1) is 8.15. The van der Waals surface area contributed by atoms with E-state index in [9.17, 15) is 9.59 Å². The molecule has 0 N–H and O–H groups in total. The summed E-state index contributed by atoms with van der Waals surface area (Å²) in [4.78, 5) is 23.8. The predicted molar refractivity (Wildman–Crippen MR) is 68.9 cm³/mol. The second-order valence-corrected chi connectivity index (χ2v) is 4.84. The van der Waals surface area contributed by atoms with Crippen molar-refractivity contribution in [2.75, 3.05) is 13.7 Å². The lowest BCUT2D eigenvalue weighted by atomic mass is 10.2. The second kappa shape index (κ2) is 4.81. The summed E-state index contributed by atoms with van der Waals surface area (Å²) in [6.45, 7) is 2.15. The Labute approximate surface area is 102 Å². The lowest BCUT2D eigenvalue weighted by Crippen LogP contribution is -2.35. The molecular formula is C12H13NO3S. The van der Waals surface area contributed by atoms with Crippen LogP contribution in [0.25, 0.3) is 10.1 Å². The van der Waals surface area contributed by atoms with Gasteiger partial charge in [0.1, 0.15) is 0 Å². The van der Waals surface area contributed by atoms with Crippen molar-refractivity contribution in [3.05, 3.63) is 44.3 Å². The van der Waals surface area contributed by atoms with Crippen LogP contribution in [-0.2, 0) is 4.74 Å². The predicted octanol–water partition coefficient (Wildman–Crippen LogP) is 1.63. The van der Waals surface area contributed by atoms with Crippen LogP contribution in [0, 0.1) is 0 Å². The lowest BCUT2D eigenvalue weighted by molar-refractivity contribution is 0.160. The summed E-state index contributed by atoms with van der Waals surface area (Å²) in [6.07, 6.45) is 0. The van der Waals surface area contributed by atoms with Crippen molar-refractivity contribution < 1.29 is 4.74 Å². The first-order valence-electron chi connectivity index (χ1n) is 5.28. The van der Waals surface area contributed by atoms with Crippen molar-refractivity contribution >= 4 is 21.4 Å². The minimum atomic E-state index is -0.249. The van der Waals surface area contributed by atoms with Crippen LogP contribution in [0.2, 0.25) is 0 Å². The van der Waals surface area contributed by atoms with Crippen molar-refractivity contribution in [2.24, 2.45) is 0 Å². The third kappa shape index (κ3) is 2.16. The highest BCUT2D eigenvalue weighted by Crippen LogP contribution is 2.12. The van der Waals surface area contributed by atoms with E-state index in [-0.39, 0.29) is 16.5 Å². The van der Waals surface area contributed by atoms with Crippen molar-refractivity contribution in [1.82, 2.24) is 4.57 Å². The van der Waals surface area contributed by atoms with Crippen molar-refractivity contribution in [1.29, 1.82) is 0 Å². The number of fused-ring (bicyclic) bond motifs is 1. The van der Waals surface area contributed by atoms with Crippen molar-refractivity contribution in [3.63, 3.8) is 0 Å². The summed E-state index contributed by atoms with van der Waals surface area (Å²) in [5.74, 6) is 0. The van der Waals surface area contributed by atoms with Gasteiger partial charge in [0.15, 0.2) is 0 Å². The summed E-state index contributed by atoms with van der Waals surface area (Å²) in [5, 5.41) is 0.583. The molecule has 0 saturated heterocycles. The third-order valence-electron chi connectivity index (χ3n) is 2.58. The number of benzene rings is 1. The van der Waals surface area contributed by atoms with E-state index in [1.807, 2.05) is 6.07 Å². The van der Waals surface area contributed by atoms with Gasteiger partial charge in [-0.2, -0.15) is 0 Å². The fourth-order valence-electron chi connectivity index (χ4n) is 1.78. The molecule has 0 aliphatic rings. The number of methoxy groups -OCH3 is 1. The Morgan fingerprint density at radius 1 is 1.35 bits per heavy atom. The maximum Gasteiger partial charge on any atom is 0.310 e. The van der Waals surface area contributed by atoms with Gasteiger partial charge < -0.3 is 4.74 Å². The molecule has 90 valence electrons. The number of hydrogen-bond donors (Lipinski definition) is 0. The van der Waals surface area contributed by atoms with Crippen LogP contribution in [0.5, 0.6) is 0 Å². The van der Waals surface area contributed by atoms with E-state index in [1.165, 1.54) is 4.57 Å². The van der Waals surface area contributed by atoms with Gasteiger partial charge in [-0.3, -0.25) is 14.2 Å². The van der Waals surface area contributed by atoms with E-state index < -0.39 is 0 Å². The molecule has 1 heterocycles. The Balaban J connectivity index is 2.72. The molecule has 17 heavy (non-hydrogen) atoms. The number of nitrogens with zero attached hydrogens (tertiary/aromatic N) is 1. The number of hydrogen-bond acceptors (Lipinski definition) is 4. The minimum Gasteiger partial charge on any atom is -0.383 e. The van der Waals surface area contributed by atoms with Crippen LogP contribution in [0.15, 0.2) is 33.9 Å². The van der Waals surface area contributed by atoms with Crippen molar-refractivity contribution in [3.8, 4) is 0 Å². The minimum absolute atomic E-state index is 0.238. The smallest absolute Gasteiger partial charge is 0.310 e. The molecule has 0 amide bonds. The molecule has 0 aliphatic heterocycles. The molecule has 0 unspecified atom stereocenters. The van der Waals surface area contributed by atoms with Gasteiger partial charge in [0.25, 0.3) is 5.56 Å². The largest absolute Gasteiger partial charge is 0.383 e. The van der Waals surface area contributed by atoms with Gasteiger partial charge in [-0.15, -0.1) is 0 Å². The van der Waals surface area contributed by atoms with Crippen LogP contribution in [-0.4, -0.2) is 18.3 Å². The second-order valence-electron chi connectivity index (χ2n) is 3.84. The highest BCUT2D eigenvalue weighted by Gasteiger charge is 2.13. The Kier molecular flexibility index (Phi) is 3.40. The molecule has 2 rings (SSSR count). The zero-order valence-electron chi connectivity index (χ0n) is 9.67. The maximum atomic E-state index is 12.2. The van der Waals surface area contributed by atoms with Crippen LogP contribution in [0.3, 0.4) is 0 Å². The highest BCUT2D eigenvalue weighted by molar-refractivity contribution is 7.16. The van der Waals surface area contributed by atoms with Crippen LogP contribution < -0.4 is 10.4 Å². The SMILES string of the molecule is COC[C@H](C)n1c(=O)sc2ccccc2c1=O. The zero-order valence-corrected chi connectivity index (χ0v) is 10.5. The fraction of sp³-hybridized carbons (Fsp3) is 0.333. The van der Waals surface area contributed by atoms with Gasteiger partial charge in [0.05, 0.1) is 18.0 Å². The summed E-state index contributed by atoms with van der Waals surface area (Å²) >= 11 is 1.09. The third-order valence-corrected chi connectivity index (χ3v) is 3.53. The molecule has 0 aliphatic carbocycles. The molecule has 1 atom stereocenters. The van der Waals surface area contributed by atoms with Crippen LogP contribution >= 0.6 is 11.3 Å². The Hall–Kier alpha value is -1.46. The summed E-state index contributed by atoms with van der Waals surface area (Å²) in [6, 6.07) is 6.89. The highest BCUT2D eigenvalue weighted by atomic mass is 32.1. The summed E-state index contributed by atoms with van der Waals surface area (Å²) < 4.78 is 6.97. The van der Waals surface area contributed by atoms with Crippen LogP contribution in [0.4, 0.5) is 0 Å². The van der Waals surface area contributed by atoms with Gasteiger partial charge in [-0.1, -0.05) is 23.5 Å². The normalized spacial score (nSPS) is 12.8. The molecule has 1 aromatic carbocycles. The topological polar surface area (TPSA) is 48.3 Å².